The summed E-state index contributed by atoms with van der Waals surface area (Å²) in [7, 11) is 1.78. The maximum absolute atomic E-state index is 13.2. The van der Waals surface area contributed by atoms with Crippen molar-refractivity contribution in [1.29, 1.82) is 0 Å². The minimum Gasteiger partial charge on any atom is -0.490 e. The number of nitrogens with zero attached hydrogens (tertiary/aromatic N) is 1. The molecular formula is C23H31N3O5. The molecule has 3 atom stereocenters. The van der Waals surface area contributed by atoms with Crippen LogP contribution in [0.5, 0.6) is 5.75 Å². The lowest BCUT2D eigenvalue weighted by atomic mass is 9.94. The third kappa shape index (κ3) is 5.18. The lowest BCUT2D eigenvalue weighted by molar-refractivity contribution is -0.134. The van der Waals surface area contributed by atoms with Crippen molar-refractivity contribution in [3.63, 3.8) is 0 Å². The number of rotatable bonds is 6. The molecule has 3 aliphatic rings. The lowest BCUT2D eigenvalue weighted by Crippen LogP contribution is -2.54. The Morgan fingerprint density at radius 3 is 2.71 bits per heavy atom. The molecule has 4 rings (SSSR count). The van der Waals surface area contributed by atoms with E-state index >= 15 is 0 Å². The Morgan fingerprint density at radius 2 is 1.97 bits per heavy atom. The molecule has 2 N–H and O–H groups in total. The van der Waals surface area contributed by atoms with E-state index in [4.69, 9.17) is 9.47 Å². The summed E-state index contributed by atoms with van der Waals surface area (Å²) >= 11 is 0. The Morgan fingerprint density at radius 1 is 1.16 bits per heavy atom. The molecule has 0 radical (unpaired) electrons. The van der Waals surface area contributed by atoms with E-state index in [0.29, 0.717) is 42.4 Å². The number of hydrogen-bond acceptors (Lipinski definition) is 5. The second-order valence-corrected chi connectivity index (χ2v) is 8.73. The molecule has 1 saturated carbocycles. The predicted octanol–water partition coefficient (Wildman–Crippen LogP) is 2.33. The van der Waals surface area contributed by atoms with Gasteiger partial charge in [-0.15, -0.1) is 0 Å². The smallest absolute Gasteiger partial charge is 0.257 e. The van der Waals surface area contributed by atoms with Gasteiger partial charge in [-0.25, -0.2) is 0 Å². The summed E-state index contributed by atoms with van der Waals surface area (Å²) in [5, 5.41) is 5.78. The molecule has 0 bridgehead atoms. The van der Waals surface area contributed by atoms with E-state index in [1.807, 2.05) is 0 Å². The number of nitrogens with one attached hydrogen (secondary N) is 2. The molecule has 1 saturated heterocycles. The van der Waals surface area contributed by atoms with Gasteiger partial charge in [0.25, 0.3) is 5.91 Å². The fourth-order valence-corrected chi connectivity index (χ4v) is 4.21. The van der Waals surface area contributed by atoms with Gasteiger partial charge >= 0.3 is 0 Å². The Balaban J connectivity index is 1.42. The molecule has 2 heterocycles. The van der Waals surface area contributed by atoms with Crippen molar-refractivity contribution in [3.8, 4) is 5.75 Å². The highest BCUT2D eigenvalue weighted by Gasteiger charge is 2.39. The number of benzene rings is 1. The quantitative estimate of drug-likeness (QED) is 0.724. The summed E-state index contributed by atoms with van der Waals surface area (Å²) in [4.78, 5) is 38.8. The van der Waals surface area contributed by atoms with Gasteiger partial charge < -0.3 is 25.0 Å². The Bertz CT molecular complexity index is 854. The molecule has 0 spiro atoms. The van der Waals surface area contributed by atoms with Crippen molar-refractivity contribution in [1.82, 2.24) is 10.2 Å². The monoisotopic (exact) mass is 429 g/mol. The first-order chi connectivity index (χ1) is 14.9. The minimum atomic E-state index is -0.295. The molecular weight excluding hydrogens is 398 g/mol. The van der Waals surface area contributed by atoms with Gasteiger partial charge in [-0.2, -0.15) is 0 Å². The zero-order valence-electron chi connectivity index (χ0n) is 18.2. The molecule has 2 fully saturated rings. The number of anilines is 1. The standard InChI is InChI=1S/C23H31N3O5/c1-3-21(27)25-15-6-9-19-17(10-15)23(29)26(2)18-8-7-16(31-20(18)13-30-19)11-22(28)24-12-14-4-5-14/h6,9-10,14,16,18,20H,3-5,7-8,11-13H2,1-2H3,(H,24,28)(H,25,27)/t16-,18-,20+/m1/s1. The van der Waals surface area contributed by atoms with Crippen LogP contribution < -0.4 is 15.4 Å². The maximum atomic E-state index is 13.2. The summed E-state index contributed by atoms with van der Waals surface area (Å²) < 4.78 is 12.2. The van der Waals surface area contributed by atoms with Crippen LogP contribution in [0, 0.1) is 5.92 Å². The lowest BCUT2D eigenvalue weighted by Gasteiger charge is -2.42. The largest absolute Gasteiger partial charge is 0.490 e. The normalized spacial score (nSPS) is 25.4. The molecule has 1 aromatic carbocycles. The van der Waals surface area contributed by atoms with Crippen LogP contribution in [0.3, 0.4) is 0 Å². The molecule has 1 aromatic rings. The highest BCUT2D eigenvalue weighted by Crippen LogP contribution is 2.32. The predicted molar refractivity (Wildman–Crippen MR) is 115 cm³/mol. The van der Waals surface area contributed by atoms with Gasteiger partial charge in [0, 0.05) is 25.7 Å². The summed E-state index contributed by atoms with van der Waals surface area (Å²) in [6.45, 7) is 2.84. The number of amides is 3. The van der Waals surface area contributed by atoms with Crippen molar-refractivity contribution < 1.29 is 23.9 Å². The molecule has 8 heteroatoms. The van der Waals surface area contributed by atoms with Gasteiger partial charge in [-0.05, 0) is 49.8 Å². The van der Waals surface area contributed by atoms with Crippen LogP contribution in [0.25, 0.3) is 0 Å². The molecule has 31 heavy (non-hydrogen) atoms. The van der Waals surface area contributed by atoms with Crippen molar-refractivity contribution >= 4 is 23.4 Å². The van der Waals surface area contributed by atoms with Crippen molar-refractivity contribution in [3.05, 3.63) is 23.8 Å². The third-order valence-electron chi connectivity index (χ3n) is 6.31. The van der Waals surface area contributed by atoms with Crippen LogP contribution in [0.15, 0.2) is 18.2 Å². The molecule has 2 aliphatic heterocycles. The number of carbonyl (C=O) groups excluding carboxylic acids is 3. The third-order valence-corrected chi connectivity index (χ3v) is 6.31. The van der Waals surface area contributed by atoms with Gasteiger partial charge in [0.15, 0.2) is 0 Å². The number of carbonyl (C=O) groups is 3. The zero-order valence-corrected chi connectivity index (χ0v) is 18.2. The fraction of sp³-hybridized carbons (Fsp3) is 0.609. The van der Waals surface area contributed by atoms with Gasteiger partial charge in [0.1, 0.15) is 18.5 Å². The zero-order chi connectivity index (χ0) is 22.0. The van der Waals surface area contributed by atoms with Gasteiger partial charge in [0.05, 0.1) is 24.1 Å². The van der Waals surface area contributed by atoms with Crippen LogP contribution >= 0.6 is 0 Å². The first-order valence-electron chi connectivity index (χ1n) is 11.2. The Hall–Kier alpha value is -2.61. The molecule has 1 aliphatic carbocycles. The van der Waals surface area contributed by atoms with E-state index < -0.39 is 0 Å². The SMILES string of the molecule is CCC(=O)Nc1ccc2c(c1)C(=O)N(C)[C@@H]1CC[C@H](CC(=O)NCC3CC3)O[C@H]1CO2. The average molecular weight is 430 g/mol. The van der Waals surface area contributed by atoms with Gasteiger partial charge in [-0.1, -0.05) is 6.92 Å². The summed E-state index contributed by atoms with van der Waals surface area (Å²) in [5.41, 5.74) is 1.00. The van der Waals surface area contributed by atoms with E-state index in [-0.39, 0.29) is 36.0 Å². The van der Waals surface area contributed by atoms with Crippen LogP contribution in [0.4, 0.5) is 5.69 Å². The van der Waals surface area contributed by atoms with E-state index in [9.17, 15) is 14.4 Å². The Kier molecular flexibility index (Phi) is 6.46. The van der Waals surface area contributed by atoms with E-state index in [1.54, 1.807) is 37.1 Å². The van der Waals surface area contributed by atoms with Crippen LogP contribution in [0.1, 0.15) is 55.8 Å². The van der Waals surface area contributed by atoms with E-state index in [2.05, 4.69) is 10.6 Å². The summed E-state index contributed by atoms with van der Waals surface area (Å²) in [6.07, 6.45) is 4.11. The number of likely N-dealkylation sites (N-methyl/N-ethyl adjacent to an activating group) is 1. The summed E-state index contributed by atoms with van der Waals surface area (Å²) in [6, 6.07) is 4.98. The van der Waals surface area contributed by atoms with Crippen LogP contribution in [-0.4, -0.2) is 61.1 Å². The molecule has 8 nitrogen and oxygen atoms in total. The van der Waals surface area contributed by atoms with Crippen molar-refractivity contribution in [2.24, 2.45) is 5.92 Å². The number of hydrogen-bond donors (Lipinski definition) is 2. The second kappa shape index (κ2) is 9.26. The average Bonchev–Trinajstić information content (AvgIpc) is 3.59. The highest BCUT2D eigenvalue weighted by atomic mass is 16.5. The maximum Gasteiger partial charge on any atom is 0.257 e. The molecule has 0 aromatic heterocycles. The number of ether oxygens (including phenoxy) is 2. The van der Waals surface area contributed by atoms with E-state index in [0.717, 1.165) is 19.4 Å². The second-order valence-electron chi connectivity index (χ2n) is 8.73. The van der Waals surface area contributed by atoms with Gasteiger partial charge in [0.2, 0.25) is 11.8 Å². The molecule has 3 amide bonds. The number of fused-ring (bicyclic) bond motifs is 2. The van der Waals surface area contributed by atoms with Gasteiger partial charge in [-0.3, -0.25) is 14.4 Å². The van der Waals surface area contributed by atoms with Crippen molar-refractivity contribution in [2.75, 3.05) is 25.5 Å². The first-order valence-corrected chi connectivity index (χ1v) is 11.2. The van der Waals surface area contributed by atoms with Crippen molar-refractivity contribution in [2.45, 2.75) is 63.7 Å². The first kappa shape index (κ1) is 21.6. The van der Waals surface area contributed by atoms with E-state index in [1.165, 1.54) is 12.8 Å². The molecule has 168 valence electrons. The van der Waals surface area contributed by atoms with Crippen LogP contribution in [0.2, 0.25) is 0 Å². The topological polar surface area (TPSA) is 97.0 Å². The Labute approximate surface area is 182 Å². The fourth-order valence-electron chi connectivity index (χ4n) is 4.21. The minimum absolute atomic E-state index is 0.0264. The molecule has 0 unspecified atom stereocenters. The van der Waals surface area contributed by atoms with Crippen LogP contribution in [-0.2, 0) is 14.3 Å². The highest BCUT2D eigenvalue weighted by molar-refractivity contribution is 5.99. The summed E-state index contributed by atoms with van der Waals surface area (Å²) in [5.74, 6) is 0.869.